The number of hydrogen-bond acceptors (Lipinski definition) is 3. The lowest BCUT2D eigenvalue weighted by Gasteiger charge is -2.26. The van der Waals surface area contributed by atoms with Crippen molar-refractivity contribution in [1.29, 1.82) is 0 Å². The molecule has 0 aromatic carbocycles. The van der Waals surface area contributed by atoms with Crippen LogP contribution in [0, 0.1) is 0 Å². The van der Waals surface area contributed by atoms with Gasteiger partial charge in [0.2, 0.25) is 0 Å². The molecule has 1 saturated heterocycles. The second-order valence-electron chi connectivity index (χ2n) is 4.90. The van der Waals surface area contributed by atoms with E-state index in [1.165, 1.54) is 24.3 Å². The molecule has 3 rings (SSSR count). The summed E-state index contributed by atoms with van der Waals surface area (Å²) in [5.74, 6) is 4.08. The highest BCUT2D eigenvalue weighted by Crippen LogP contribution is 2.35. The number of imidazole rings is 1. The van der Waals surface area contributed by atoms with Gasteiger partial charge in [0.15, 0.2) is 5.15 Å². The number of aliphatic hydroxyl groups excluding tert-OH is 1. The second kappa shape index (κ2) is 4.82. The Morgan fingerprint density at radius 1 is 1.29 bits per heavy atom. The van der Waals surface area contributed by atoms with Crippen LogP contribution in [0.1, 0.15) is 36.7 Å². The van der Waals surface area contributed by atoms with Gasteiger partial charge in [0.05, 0.1) is 18.3 Å². The van der Waals surface area contributed by atoms with Crippen LogP contribution in [0.25, 0.3) is 0 Å². The lowest BCUT2D eigenvalue weighted by Crippen LogP contribution is -2.26. The summed E-state index contributed by atoms with van der Waals surface area (Å²) in [5.41, 5.74) is 1.13. The van der Waals surface area contributed by atoms with E-state index in [9.17, 15) is 5.11 Å². The molecular formula is C12H17ClN2OS. The summed E-state index contributed by atoms with van der Waals surface area (Å²) in [6.07, 6.45) is 3.81. The monoisotopic (exact) mass is 272 g/mol. The predicted molar refractivity (Wildman–Crippen MR) is 70.9 cm³/mol. The summed E-state index contributed by atoms with van der Waals surface area (Å²) in [5, 5.41) is 10.4. The lowest BCUT2D eigenvalue weighted by atomic mass is 10.0. The summed E-state index contributed by atoms with van der Waals surface area (Å²) in [6.45, 7) is 0.675. The van der Waals surface area contributed by atoms with E-state index in [0.717, 1.165) is 24.4 Å². The normalized spacial score (nSPS) is 25.9. The van der Waals surface area contributed by atoms with Gasteiger partial charge < -0.3 is 9.67 Å². The minimum absolute atomic E-state index is 0.232. The third kappa shape index (κ3) is 2.23. The van der Waals surface area contributed by atoms with Crippen molar-refractivity contribution in [3.63, 3.8) is 0 Å². The quantitative estimate of drug-likeness (QED) is 0.853. The van der Waals surface area contributed by atoms with Gasteiger partial charge in [0.25, 0.3) is 0 Å². The fourth-order valence-corrected chi connectivity index (χ4v) is 4.18. The van der Waals surface area contributed by atoms with Gasteiger partial charge in [-0.15, -0.1) is 0 Å². The zero-order chi connectivity index (χ0) is 11.8. The number of halogens is 1. The molecule has 1 atom stereocenters. The predicted octanol–water partition coefficient (Wildman–Crippen LogP) is 2.45. The first-order chi connectivity index (χ1) is 8.25. The van der Waals surface area contributed by atoms with Gasteiger partial charge in [-0.1, -0.05) is 11.6 Å². The van der Waals surface area contributed by atoms with E-state index < -0.39 is 0 Å². The van der Waals surface area contributed by atoms with Crippen LogP contribution >= 0.6 is 23.4 Å². The molecule has 0 saturated carbocycles. The molecule has 3 nitrogen and oxygen atoms in total. The topological polar surface area (TPSA) is 38.1 Å². The van der Waals surface area contributed by atoms with Crippen LogP contribution in [0.2, 0.25) is 5.15 Å². The third-order valence-corrected chi connectivity index (χ3v) is 5.10. The molecule has 0 radical (unpaired) electrons. The number of nitrogens with zero attached hydrogens (tertiary/aromatic N) is 2. The van der Waals surface area contributed by atoms with E-state index in [1.54, 1.807) is 0 Å². The molecule has 0 spiro atoms. The highest BCUT2D eigenvalue weighted by Gasteiger charge is 2.28. The Labute approximate surface area is 111 Å². The molecule has 1 aromatic rings. The maximum atomic E-state index is 9.79. The second-order valence-corrected chi connectivity index (χ2v) is 6.48. The molecule has 1 unspecified atom stereocenters. The van der Waals surface area contributed by atoms with Gasteiger partial charge in [0.1, 0.15) is 5.82 Å². The van der Waals surface area contributed by atoms with Gasteiger partial charge in [-0.25, -0.2) is 4.98 Å². The molecule has 3 heterocycles. The van der Waals surface area contributed by atoms with Crippen LogP contribution in [0.4, 0.5) is 0 Å². The SMILES string of the molecule is OC1CCc2c(Cl)nc(C3CCSCC3)n2C1. The number of thioether (sulfide) groups is 1. The molecule has 5 heteroatoms. The Morgan fingerprint density at radius 3 is 2.82 bits per heavy atom. The molecule has 1 aromatic heterocycles. The third-order valence-electron chi connectivity index (χ3n) is 3.75. The molecule has 94 valence electrons. The van der Waals surface area contributed by atoms with Crippen LogP contribution in [-0.4, -0.2) is 32.3 Å². The van der Waals surface area contributed by atoms with Crippen LogP contribution in [0.15, 0.2) is 0 Å². The van der Waals surface area contributed by atoms with E-state index in [0.29, 0.717) is 17.6 Å². The average molecular weight is 273 g/mol. The van der Waals surface area contributed by atoms with E-state index in [2.05, 4.69) is 9.55 Å². The fraction of sp³-hybridized carbons (Fsp3) is 0.750. The minimum Gasteiger partial charge on any atom is -0.391 e. The number of aromatic nitrogens is 2. The molecule has 1 N–H and O–H groups in total. The molecule has 1 fully saturated rings. The smallest absolute Gasteiger partial charge is 0.150 e. The standard InChI is InChI=1S/C12H17ClN2OS/c13-11-10-2-1-9(16)7-15(10)12(14-11)8-3-5-17-6-4-8/h8-9,16H,1-7H2. The molecule has 2 aliphatic heterocycles. The van der Waals surface area contributed by atoms with E-state index in [-0.39, 0.29) is 6.10 Å². The van der Waals surface area contributed by atoms with Crippen LogP contribution < -0.4 is 0 Å². The Hall–Kier alpha value is -0.190. The highest BCUT2D eigenvalue weighted by atomic mass is 35.5. The first-order valence-corrected chi connectivity index (χ1v) is 7.79. The van der Waals surface area contributed by atoms with Gasteiger partial charge in [-0.2, -0.15) is 11.8 Å². The van der Waals surface area contributed by atoms with Crippen molar-refractivity contribution in [2.75, 3.05) is 11.5 Å². The molecule has 0 aliphatic carbocycles. The summed E-state index contributed by atoms with van der Waals surface area (Å²) in [7, 11) is 0. The van der Waals surface area contributed by atoms with Crippen LogP contribution in [0.5, 0.6) is 0 Å². The van der Waals surface area contributed by atoms with E-state index in [4.69, 9.17) is 11.6 Å². The molecular weight excluding hydrogens is 256 g/mol. The summed E-state index contributed by atoms with van der Waals surface area (Å²) < 4.78 is 2.18. The molecule has 0 bridgehead atoms. The number of fused-ring (bicyclic) bond motifs is 1. The molecule has 17 heavy (non-hydrogen) atoms. The van der Waals surface area contributed by atoms with Crippen LogP contribution in [0.3, 0.4) is 0 Å². The minimum atomic E-state index is -0.232. The highest BCUT2D eigenvalue weighted by molar-refractivity contribution is 7.99. The zero-order valence-corrected chi connectivity index (χ0v) is 11.3. The van der Waals surface area contributed by atoms with E-state index >= 15 is 0 Å². The summed E-state index contributed by atoms with van der Waals surface area (Å²) >= 11 is 8.23. The maximum absolute atomic E-state index is 9.79. The Balaban J connectivity index is 1.93. The van der Waals surface area contributed by atoms with Gasteiger partial charge >= 0.3 is 0 Å². The van der Waals surface area contributed by atoms with Gasteiger partial charge in [0, 0.05) is 5.92 Å². The maximum Gasteiger partial charge on any atom is 0.150 e. The molecule has 0 amide bonds. The van der Waals surface area contributed by atoms with Crippen molar-refractivity contribution in [2.45, 2.75) is 44.2 Å². The first-order valence-electron chi connectivity index (χ1n) is 6.26. The van der Waals surface area contributed by atoms with Crippen molar-refractivity contribution in [2.24, 2.45) is 0 Å². The van der Waals surface area contributed by atoms with E-state index in [1.807, 2.05) is 11.8 Å². The van der Waals surface area contributed by atoms with Crippen molar-refractivity contribution in [3.8, 4) is 0 Å². The number of rotatable bonds is 1. The Kier molecular flexibility index (Phi) is 3.37. The fourth-order valence-electron chi connectivity index (χ4n) is 2.79. The van der Waals surface area contributed by atoms with Gasteiger partial charge in [-0.05, 0) is 37.2 Å². The first kappa shape index (κ1) is 11.9. The van der Waals surface area contributed by atoms with Crippen molar-refractivity contribution in [3.05, 3.63) is 16.7 Å². The lowest BCUT2D eigenvalue weighted by molar-refractivity contribution is 0.129. The Morgan fingerprint density at radius 2 is 2.06 bits per heavy atom. The average Bonchev–Trinajstić information content (AvgIpc) is 2.67. The zero-order valence-electron chi connectivity index (χ0n) is 9.73. The van der Waals surface area contributed by atoms with Crippen LogP contribution in [-0.2, 0) is 13.0 Å². The van der Waals surface area contributed by atoms with Gasteiger partial charge in [-0.3, -0.25) is 0 Å². The Bertz CT molecular complexity index is 415. The summed E-state index contributed by atoms with van der Waals surface area (Å²) in [4.78, 5) is 4.56. The summed E-state index contributed by atoms with van der Waals surface area (Å²) in [6, 6.07) is 0. The number of hydrogen-bond donors (Lipinski definition) is 1. The van der Waals surface area contributed by atoms with Crippen molar-refractivity contribution < 1.29 is 5.11 Å². The van der Waals surface area contributed by atoms with Crippen molar-refractivity contribution >= 4 is 23.4 Å². The number of aliphatic hydroxyl groups is 1. The van der Waals surface area contributed by atoms with Crippen molar-refractivity contribution in [1.82, 2.24) is 9.55 Å². The molecule has 2 aliphatic rings. The largest absolute Gasteiger partial charge is 0.391 e.